The molecule has 2 aromatic rings. The van der Waals surface area contributed by atoms with Gasteiger partial charge in [-0.1, -0.05) is 49.4 Å². The Morgan fingerprint density at radius 2 is 1.93 bits per heavy atom. The largest absolute Gasteiger partial charge is 0.465 e. The second kappa shape index (κ2) is 7.70. The van der Waals surface area contributed by atoms with Gasteiger partial charge in [-0.2, -0.15) is 0 Å². The molecule has 2 aliphatic rings. The minimum atomic E-state index is -0.557. The van der Waals surface area contributed by atoms with E-state index in [1.807, 2.05) is 38.1 Å². The van der Waals surface area contributed by atoms with Crippen LogP contribution in [0, 0.1) is 5.92 Å². The maximum absolute atomic E-state index is 13.0. The lowest BCUT2D eigenvalue weighted by Crippen LogP contribution is -2.37. The van der Waals surface area contributed by atoms with Gasteiger partial charge in [-0.3, -0.25) is 14.6 Å². The van der Waals surface area contributed by atoms with Crippen LogP contribution in [0.2, 0.25) is 0 Å². The number of rotatable bonds is 4. The molecule has 4 heteroatoms. The van der Waals surface area contributed by atoms with Gasteiger partial charge in [-0.05, 0) is 42.5 Å². The molecule has 4 nitrogen and oxygen atoms in total. The van der Waals surface area contributed by atoms with E-state index in [9.17, 15) is 9.59 Å². The second-order valence-electron chi connectivity index (χ2n) is 7.58. The summed E-state index contributed by atoms with van der Waals surface area (Å²) < 4.78 is 5.53. The van der Waals surface area contributed by atoms with Crippen LogP contribution in [0.1, 0.15) is 51.0 Å². The first-order chi connectivity index (χ1) is 13.6. The molecule has 0 saturated heterocycles. The highest BCUT2D eigenvalue weighted by molar-refractivity contribution is 6.09. The minimum absolute atomic E-state index is 0.115. The first-order valence-corrected chi connectivity index (χ1v) is 10.1. The Labute approximate surface area is 165 Å². The molecule has 4 rings (SSSR count). The molecular weight excluding hydrogens is 350 g/mol. The third kappa shape index (κ3) is 3.17. The monoisotopic (exact) mass is 375 g/mol. The molecule has 0 spiro atoms. The van der Waals surface area contributed by atoms with E-state index in [0.29, 0.717) is 18.6 Å². The Morgan fingerprint density at radius 3 is 2.75 bits per heavy atom. The van der Waals surface area contributed by atoms with Gasteiger partial charge in [0.1, 0.15) is 5.92 Å². The van der Waals surface area contributed by atoms with Crippen LogP contribution in [0.25, 0.3) is 10.8 Å². The maximum Gasteiger partial charge on any atom is 0.315 e. The molecule has 0 saturated carbocycles. The van der Waals surface area contributed by atoms with Crippen molar-refractivity contribution in [2.75, 3.05) is 6.61 Å². The molecule has 0 N–H and O–H groups in total. The maximum atomic E-state index is 13.0. The predicted molar refractivity (Wildman–Crippen MR) is 110 cm³/mol. The summed E-state index contributed by atoms with van der Waals surface area (Å²) >= 11 is 0. The lowest BCUT2D eigenvalue weighted by atomic mass is 9.71. The molecule has 2 aromatic carbocycles. The van der Waals surface area contributed by atoms with Gasteiger partial charge in [-0.25, -0.2) is 0 Å². The van der Waals surface area contributed by atoms with E-state index in [0.717, 1.165) is 47.0 Å². The van der Waals surface area contributed by atoms with E-state index >= 15 is 0 Å². The molecule has 2 atom stereocenters. The highest BCUT2D eigenvalue weighted by atomic mass is 16.5. The Bertz CT molecular complexity index is 997. The number of fused-ring (bicyclic) bond motifs is 1. The van der Waals surface area contributed by atoms with Crippen LogP contribution in [-0.2, 0) is 14.3 Å². The van der Waals surface area contributed by atoms with Crippen molar-refractivity contribution in [2.24, 2.45) is 10.9 Å². The quantitative estimate of drug-likeness (QED) is 0.709. The molecule has 0 bridgehead atoms. The average molecular weight is 375 g/mol. The van der Waals surface area contributed by atoms with E-state index in [2.05, 4.69) is 18.2 Å². The molecule has 1 heterocycles. The molecule has 28 heavy (non-hydrogen) atoms. The first-order valence-electron chi connectivity index (χ1n) is 10.1. The van der Waals surface area contributed by atoms with Gasteiger partial charge in [-0.15, -0.1) is 0 Å². The second-order valence-corrected chi connectivity index (χ2v) is 7.58. The number of ketones is 1. The lowest BCUT2D eigenvalue weighted by Gasteiger charge is -2.35. The van der Waals surface area contributed by atoms with E-state index in [-0.39, 0.29) is 17.7 Å². The summed E-state index contributed by atoms with van der Waals surface area (Å²) in [5.41, 5.74) is 3.32. The van der Waals surface area contributed by atoms with Crippen molar-refractivity contribution < 1.29 is 14.3 Å². The first kappa shape index (κ1) is 18.6. The van der Waals surface area contributed by atoms with Crippen LogP contribution in [0.4, 0.5) is 0 Å². The van der Waals surface area contributed by atoms with E-state index in [1.165, 1.54) is 0 Å². The third-order valence-electron chi connectivity index (χ3n) is 5.70. The van der Waals surface area contributed by atoms with Crippen LogP contribution < -0.4 is 0 Å². The molecule has 0 fully saturated rings. The SMILES string of the molecule is CCCOC(=O)C1C(C)=NC2=C(C(=O)CCC2)[C@H]1c1cccc2ccccc12. The summed E-state index contributed by atoms with van der Waals surface area (Å²) in [5.74, 6) is -1.07. The topological polar surface area (TPSA) is 55.7 Å². The number of esters is 1. The number of carbonyl (C=O) groups is 2. The van der Waals surface area contributed by atoms with Gasteiger partial charge in [0, 0.05) is 29.3 Å². The zero-order valence-electron chi connectivity index (χ0n) is 16.4. The zero-order valence-corrected chi connectivity index (χ0v) is 16.4. The van der Waals surface area contributed by atoms with Crippen LogP contribution >= 0.6 is 0 Å². The van der Waals surface area contributed by atoms with Crippen LogP contribution in [-0.4, -0.2) is 24.1 Å². The number of benzene rings is 2. The molecule has 0 amide bonds. The van der Waals surface area contributed by atoms with Crippen molar-refractivity contribution in [1.82, 2.24) is 0 Å². The molecular formula is C24H25NO3. The number of nitrogens with zero attached hydrogens (tertiary/aromatic N) is 1. The lowest BCUT2D eigenvalue weighted by molar-refractivity contribution is -0.146. The van der Waals surface area contributed by atoms with Gasteiger partial charge in [0.05, 0.1) is 6.61 Å². The highest BCUT2D eigenvalue weighted by Gasteiger charge is 2.43. The summed E-state index contributed by atoms with van der Waals surface area (Å²) in [7, 11) is 0. The molecule has 1 unspecified atom stereocenters. The highest BCUT2D eigenvalue weighted by Crippen LogP contribution is 2.45. The summed E-state index contributed by atoms with van der Waals surface area (Å²) in [6.07, 6.45) is 2.89. The minimum Gasteiger partial charge on any atom is -0.465 e. The Balaban J connectivity index is 1.92. The van der Waals surface area contributed by atoms with Crippen molar-refractivity contribution in [3.8, 4) is 0 Å². The van der Waals surface area contributed by atoms with Crippen molar-refractivity contribution in [1.29, 1.82) is 0 Å². The Morgan fingerprint density at radius 1 is 1.14 bits per heavy atom. The fourth-order valence-electron chi connectivity index (χ4n) is 4.46. The number of carbonyl (C=O) groups excluding carboxylic acids is 2. The Hall–Kier alpha value is -2.75. The predicted octanol–water partition coefficient (Wildman–Crippen LogP) is 4.97. The zero-order chi connectivity index (χ0) is 19.7. The molecule has 1 aliphatic heterocycles. The smallest absolute Gasteiger partial charge is 0.315 e. The number of allylic oxidation sites excluding steroid dienone is 2. The average Bonchev–Trinajstić information content (AvgIpc) is 2.71. The number of hydrogen-bond donors (Lipinski definition) is 0. The van der Waals surface area contributed by atoms with E-state index in [4.69, 9.17) is 9.73 Å². The number of Topliss-reactive ketones (excluding diaryl/α,β-unsaturated/α-hetero) is 1. The molecule has 144 valence electrons. The molecule has 0 radical (unpaired) electrons. The number of aliphatic imine (C=N–C) groups is 1. The standard InChI is InChI=1S/C24H25NO3/c1-3-14-28-24(27)21-15(2)25-19-12-7-13-20(26)23(19)22(21)18-11-6-9-16-8-4-5-10-17(16)18/h4-6,8-11,21-22H,3,7,12-14H2,1-2H3/t21?,22-/m0/s1. The van der Waals surface area contributed by atoms with Crippen molar-refractivity contribution in [3.63, 3.8) is 0 Å². The van der Waals surface area contributed by atoms with Gasteiger partial charge in [0.25, 0.3) is 0 Å². The van der Waals surface area contributed by atoms with Gasteiger partial charge in [0.2, 0.25) is 0 Å². The normalized spacial score (nSPS) is 22.1. The fraction of sp³-hybridized carbons (Fsp3) is 0.375. The summed E-state index contributed by atoms with van der Waals surface area (Å²) in [4.78, 5) is 30.7. The third-order valence-corrected chi connectivity index (χ3v) is 5.70. The molecule has 0 aromatic heterocycles. The molecule has 1 aliphatic carbocycles. The summed E-state index contributed by atoms with van der Waals surface area (Å²) in [5, 5.41) is 2.18. The van der Waals surface area contributed by atoms with Crippen LogP contribution in [0.5, 0.6) is 0 Å². The van der Waals surface area contributed by atoms with Crippen LogP contribution in [0.3, 0.4) is 0 Å². The van der Waals surface area contributed by atoms with E-state index in [1.54, 1.807) is 0 Å². The van der Waals surface area contributed by atoms with Crippen molar-refractivity contribution in [3.05, 3.63) is 59.3 Å². The van der Waals surface area contributed by atoms with Crippen LogP contribution in [0.15, 0.2) is 58.7 Å². The van der Waals surface area contributed by atoms with Gasteiger partial charge >= 0.3 is 5.97 Å². The van der Waals surface area contributed by atoms with Gasteiger partial charge < -0.3 is 4.74 Å². The van der Waals surface area contributed by atoms with Crippen molar-refractivity contribution in [2.45, 2.75) is 45.4 Å². The number of hydrogen-bond acceptors (Lipinski definition) is 4. The van der Waals surface area contributed by atoms with Crippen molar-refractivity contribution >= 4 is 28.2 Å². The fourth-order valence-corrected chi connectivity index (χ4v) is 4.46. The summed E-state index contributed by atoms with van der Waals surface area (Å²) in [6.45, 7) is 4.24. The van der Waals surface area contributed by atoms with E-state index < -0.39 is 5.92 Å². The van der Waals surface area contributed by atoms with Gasteiger partial charge in [0.15, 0.2) is 5.78 Å². The Kier molecular flexibility index (Phi) is 5.12. The number of ether oxygens (including phenoxy) is 1. The summed E-state index contributed by atoms with van der Waals surface area (Å²) in [6, 6.07) is 14.2.